The molecule has 0 saturated heterocycles. The van der Waals surface area contributed by atoms with E-state index in [-0.39, 0.29) is 6.04 Å². The Morgan fingerprint density at radius 1 is 1.22 bits per heavy atom. The van der Waals surface area contributed by atoms with Gasteiger partial charge < -0.3 is 5.73 Å². The van der Waals surface area contributed by atoms with E-state index in [0.717, 1.165) is 4.47 Å². The molecule has 1 aromatic heterocycles. The van der Waals surface area contributed by atoms with Crippen LogP contribution < -0.4 is 5.73 Å². The first-order valence-electron chi connectivity index (χ1n) is 5.81. The summed E-state index contributed by atoms with van der Waals surface area (Å²) in [4.78, 5) is 3.93. The number of hydrogen-bond acceptors (Lipinski definition) is 3. The summed E-state index contributed by atoms with van der Waals surface area (Å²) in [6, 6.07) is 12.8. The lowest BCUT2D eigenvalue weighted by atomic mass is 10.2. The van der Waals surface area contributed by atoms with Gasteiger partial charge >= 0.3 is 0 Å². The molecule has 0 saturated carbocycles. The molecule has 0 bridgehead atoms. The van der Waals surface area contributed by atoms with Gasteiger partial charge in [-0.2, -0.15) is 0 Å². The molecule has 2 rings (SSSR count). The summed E-state index contributed by atoms with van der Waals surface area (Å²) in [6.07, 6.45) is 0. The second kappa shape index (κ2) is 6.24. The first-order valence-corrected chi connectivity index (χ1v) is 8.30. The third-order valence-corrected chi connectivity index (χ3v) is 6.34. The van der Waals surface area contributed by atoms with Crippen LogP contribution in [0.1, 0.15) is 21.9 Å². The Labute approximate surface area is 125 Å². The summed E-state index contributed by atoms with van der Waals surface area (Å²) < 4.78 is 1.13. The standard InChI is InChI=1S/C14H16BrNS2/c1-9-7-8-13(17-9)14(10(2)16)18-12-6-4-3-5-11(12)15/h3-8,10,14H,16H2,1-2H3. The van der Waals surface area contributed by atoms with Crippen LogP contribution in [0.4, 0.5) is 0 Å². The van der Waals surface area contributed by atoms with Gasteiger partial charge in [0, 0.05) is 25.2 Å². The first-order chi connectivity index (χ1) is 8.58. The van der Waals surface area contributed by atoms with Gasteiger partial charge in [0.15, 0.2) is 0 Å². The number of thiophene rings is 1. The van der Waals surface area contributed by atoms with E-state index in [1.807, 2.05) is 29.2 Å². The molecule has 18 heavy (non-hydrogen) atoms. The number of aryl methyl sites for hydroxylation is 1. The minimum absolute atomic E-state index is 0.125. The fraction of sp³-hybridized carbons (Fsp3) is 0.286. The Morgan fingerprint density at radius 3 is 2.50 bits per heavy atom. The van der Waals surface area contributed by atoms with Crippen LogP contribution in [0.2, 0.25) is 0 Å². The van der Waals surface area contributed by atoms with E-state index in [0.29, 0.717) is 5.25 Å². The topological polar surface area (TPSA) is 26.0 Å². The van der Waals surface area contributed by atoms with E-state index in [4.69, 9.17) is 5.73 Å². The molecular weight excluding hydrogens is 326 g/mol. The molecule has 2 unspecified atom stereocenters. The molecule has 1 aromatic carbocycles. The Bertz CT molecular complexity index is 522. The third-order valence-electron chi connectivity index (χ3n) is 2.61. The second-order valence-electron chi connectivity index (χ2n) is 4.28. The maximum absolute atomic E-state index is 6.15. The van der Waals surface area contributed by atoms with Gasteiger partial charge in [-0.1, -0.05) is 12.1 Å². The smallest absolute Gasteiger partial charge is 0.0587 e. The molecule has 1 nitrogen and oxygen atoms in total. The molecule has 0 aliphatic carbocycles. The monoisotopic (exact) mass is 341 g/mol. The van der Waals surface area contributed by atoms with Gasteiger partial charge in [0.1, 0.15) is 0 Å². The molecule has 2 N–H and O–H groups in total. The van der Waals surface area contributed by atoms with Crippen LogP contribution >= 0.6 is 39.0 Å². The summed E-state index contributed by atoms with van der Waals surface area (Å²) in [5, 5.41) is 0.308. The Hall–Kier alpha value is -0.290. The molecule has 0 radical (unpaired) electrons. The van der Waals surface area contributed by atoms with Crippen molar-refractivity contribution in [2.75, 3.05) is 0 Å². The third kappa shape index (κ3) is 3.38. The van der Waals surface area contributed by atoms with Crippen LogP contribution in [-0.2, 0) is 0 Å². The lowest BCUT2D eigenvalue weighted by Crippen LogP contribution is -2.21. The van der Waals surface area contributed by atoms with Crippen molar-refractivity contribution in [1.82, 2.24) is 0 Å². The Kier molecular flexibility index (Phi) is 4.90. The Morgan fingerprint density at radius 2 is 1.94 bits per heavy atom. The van der Waals surface area contributed by atoms with Gasteiger partial charge in [0.05, 0.1) is 5.25 Å². The van der Waals surface area contributed by atoms with Crippen LogP contribution in [0.5, 0.6) is 0 Å². The SMILES string of the molecule is Cc1ccc(C(Sc2ccccc2Br)C(C)N)s1. The number of halogens is 1. The van der Waals surface area contributed by atoms with Crippen molar-refractivity contribution < 1.29 is 0 Å². The molecule has 4 heteroatoms. The van der Waals surface area contributed by atoms with Gasteiger partial charge in [0.2, 0.25) is 0 Å². The fourth-order valence-electron chi connectivity index (χ4n) is 1.71. The van der Waals surface area contributed by atoms with E-state index in [1.54, 1.807) is 0 Å². The van der Waals surface area contributed by atoms with E-state index in [2.05, 4.69) is 60.1 Å². The molecular formula is C14H16BrNS2. The predicted octanol–water partition coefficient (Wildman–Crippen LogP) is 5.00. The second-order valence-corrected chi connectivity index (χ2v) is 7.63. The molecule has 0 spiro atoms. The first kappa shape index (κ1) is 14.1. The highest BCUT2D eigenvalue weighted by Gasteiger charge is 2.20. The summed E-state index contributed by atoms with van der Waals surface area (Å²) in [5.74, 6) is 0. The highest BCUT2D eigenvalue weighted by Crippen LogP contribution is 2.42. The average Bonchev–Trinajstić information content (AvgIpc) is 2.74. The van der Waals surface area contributed by atoms with Crippen LogP contribution in [0.25, 0.3) is 0 Å². The number of nitrogens with two attached hydrogens (primary N) is 1. The van der Waals surface area contributed by atoms with E-state index < -0.39 is 0 Å². The van der Waals surface area contributed by atoms with E-state index in [1.165, 1.54) is 14.6 Å². The summed E-state index contributed by atoms with van der Waals surface area (Å²) in [6.45, 7) is 4.21. The molecule has 2 atom stereocenters. The largest absolute Gasteiger partial charge is 0.327 e. The van der Waals surface area contributed by atoms with E-state index >= 15 is 0 Å². The van der Waals surface area contributed by atoms with E-state index in [9.17, 15) is 0 Å². The minimum atomic E-state index is 0.125. The maximum atomic E-state index is 6.15. The molecule has 0 fully saturated rings. The molecule has 0 aliphatic heterocycles. The summed E-state index contributed by atoms with van der Waals surface area (Å²) in [7, 11) is 0. The number of thioether (sulfide) groups is 1. The molecule has 2 aromatic rings. The van der Waals surface area contributed by atoms with Gasteiger partial charge in [0.25, 0.3) is 0 Å². The molecule has 0 aliphatic rings. The normalized spacial score (nSPS) is 14.4. The summed E-state index contributed by atoms with van der Waals surface area (Å²) in [5.41, 5.74) is 6.15. The highest BCUT2D eigenvalue weighted by molar-refractivity contribution is 9.10. The zero-order chi connectivity index (χ0) is 13.1. The zero-order valence-corrected chi connectivity index (χ0v) is 13.6. The zero-order valence-electron chi connectivity index (χ0n) is 10.4. The van der Waals surface area contributed by atoms with Crippen LogP contribution in [0, 0.1) is 6.92 Å². The van der Waals surface area contributed by atoms with Crippen molar-refractivity contribution in [3.05, 3.63) is 50.6 Å². The lowest BCUT2D eigenvalue weighted by Gasteiger charge is -2.19. The predicted molar refractivity (Wildman–Crippen MR) is 85.4 cm³/mol. The van der Waals surface area contributed by atoms with Gasteiger partial charge in [-0.15, -0.1) is 23.1 Å². The quantitative estimate of drug-likeness (QED) is 0.792. The maximum Gasteiger partial charge on any atom is 0.0587 e. The van der Waals surface area contributed by atoms with Crippen LogP contribution in [0.15, 0.2) is 45.8 Å². The average molecular weight is 342 g/mol. The van der Waals surface area contributed by atoms with Gasteiger partial charge in [-0.3, -0.25) is 0 Å². The number of rotatable bonds is 4. The van der Waals surface area contributed by atoms with Gasteiger partial charge in [-0.25, -0.2) is 0 Å². The molecule has 96 valence electrons. The Balaban J connectivity index is 2.25. The lowest BCUT2D eigenvalue weighted by molar-refractivity contribution is 0.730. The fourth-order valence-corrected chi connectivity index (χ4v) is 4.56. The number of benzene rings is 1. The number of hydrogen-bond donors (Lipinski definition) is 1. The minimum Gasteiger partial charge on any atom is -0.327 e. The van der Waals surface area contributed by atoms with Crippen molar-refractivity contribution in [1.29, 1.82) is 0 Å². The molecule has 0 amide bonds. The van der Waals surface area contributed by atoms with Crippen molar-refractivity contribution in [3.63, 3.8) is 0 Å². The van der Waals surface area contributed by atoms with Crippen molar-refractivity contribution >= 4 is 39.0 Å². The molecule has 1 heterocycles. The van der Waals surface area contributed by atoms with Crippen molar-refractivity contribution in [2.45, 2.75) is 30.0 Å². The van der Waals surface area contributed by atoms with Crippen molar-refractivity contribution in [3.8, 4) is 0 Å². The van der Waals surface area contributed by atoms with Gasteiger partial charge in [-0.05, 0) is 54.0 Å². The highest BCUT2D eigenvalue weighted by atomic mass is 79.9. The summed E-state index contributed by atoms with van der Waals surface area (Å²) >= 11 is 7.25. The van der Waals surface area contributed by atoms with Crippen LogP contribution in [0.3, 0.4) is 0 Å². The van der Waals surface area contributed by atoms with Crippen LogP contribution in [-0.4, -0.2) is 6.04 Å². The van der Waals surface area contributed by atoms with Crippen molar-refractivity contribution in [2.24, 2.45) is 5.73 Å².